The highest BCUT2D eigenvalue weighted by molar-refractivity contribution is 5.62. The lowest BCUT2D eigenvalue weighted by atomic mass is 10.1. The first kappa shape index (κ1) is 15.0. The number of nitrogens with two attached hydrogens (primary N) is 1. The van der Waals surface area contributed by atoms with Crippen molar-refractivity contribution in [2.75, 3.05) is 12.3 Å². The van der Waals surface area contributed by atoms with Crippen molar-refractivity contribution < 1.29 is 4.74 Å². The Morgan fingerprint density at radius 3 is 2.61 bits per heavy atom. The fourth-order valence-corrected chi connectivity index (χ4v) is 2.39. The molecule has 2 N–H and O–H groups in total. The summed E-state index contributed by atoms with van der Waals surface area (Å²) in [7, 11) is 0. The molecule has 2 heterocycles. The molecule has 6 nitrogen and oxygen atoms in total. The summed E-state index contributed by atoms with van der Waals surface area (Å²) < 4.78 is 7.11. The maximum absolute atomic E-state index is 5.98. The van der Waals surface area contributed by atoms with Gasteiger partial charge in [-0.25, -0.2) is 9.97 Å². The highest BCUT2D eigenvalue weighted by Gasteiger charge is 2.11. The summed E-state index contributed by atoms with van der Waals surface area (Å²) in [5.41, 5.74) is 9.42. The molecule has 0 atom stereocenters. The smallest absolute Gasteiger partial charge is 0.253 e. The molecule has 0 fully saturated rings. The highest BCUT2D eigenvalue weighted by Crippen LogP contribution is 2.24. The van der Waals surface area contributed by atoms with Gasteiger partial charge in [-0.2, -0.15) is 9.78 Å². The molecular weight excluding hydrogens is 290 g/mol. The molecule has 1 aromatic carbocycles. The SMILES string of the molecule is CCOc1cccc(-c2cc(C)nc(-n3nc(C)cc3N)n2)c1. The largest absolute Gasteiger partial charge is 0.494 e. The molecule has 118 valence electrons. The van der Waals surface area contributed by atoms with Gasteiger partial charge >= 0.3 is 0 Å². The van der Waals surface area contributed by atoms with E-state index in [2.05, 4.69) is 15.1 Å². The molecule has 0 aliphatic rings. The maximum atomic E-state index is 5.98. The van der Waals surface area contributed by atoms with E-state index in [-0.39, 0.29) is 0 Å². The molecule has 0 bridgehead atoms. The van der Waals surface area contributed by atoms with Gasteiger partial charge in [-0.1, -0.05) is 12.1 Å². The van der Waals surface area contributed by atoms with Gasteiger partial charge in [-0.3, -0.25) is 0 Å². The molecule has 0 saturated carbocycles. The molecule has 0 spiro atoms. The van der Waals surface area contributed by atoms with Crippen LogP contribution in [0.25, 0.3) is 17.2 Å². The maximum Gasteiger partial charge on any atom is 0.253 e. The zero-order valence-electron chi connectivity index (χ0n) is 13.4. The van der Waals surface area contributed by atoms with Gasteiger partial charge < -0.3 is 10.5 Å². The van der Waals surface area contributed by atoms with Gasteiger partial charge in [-0.15, -0.1) is 0 Å². The number of ether oxygens (including phenoxy) is 1. The summed E-state index contributed by atoms with van der Waals surface area (Å²) >= 11 is 0. The van der Waals surface area contributed by atoms with Gasteiger partial charge in [0.1, 0.15) is 11.6 Å². The number of benzene rings is 1. The summed E-state index contributed by atoms with van der Waals surface area (Å²) in [5.74, 6) is 1.80. The van der Waals surface area contributed by atoms with E-state index in [0.29, 0.717) is 18.4 Å². The van der Waals surface area contributed by atoms with Gasteiger partial charge in [0.15, 0.2) is 0 Å². The predicted molar refractivity (Wildman–Crippen MR) is 89.6 cm³/mol. The van der Waals surface area contributed by atoms with Gasteiger partial charge in [-0.05, 0) is 39.0 Å². The van der Waals surface area contributed by atoms with E-state index < -0.39 is 0 Å². The van der Waals surface area contributed by atoms with Gasteiger partial charge in [0, 0.05) is 17.3 Å². The Labute approximate surface area is 135 Å². The second kappa shape index (κ2) is 6.08. The molecular formula is C17H19N5O. The zero-order chi connectivity index (χ0) is 16.4. The summed E-state index contributed by atoms with van der Waals surface area (Å²) in [6.45, 7) is 6.39. The quantitative estimate of drug-likeness (QED) is 0.801. The van der Waals surface area contributed by atoms with Crippen LogP contribution >= 0.6 is 0 Å². The Morgan fingerprint density at radius 1 is 1.09 bits per heavy atom. The van der Waals surface area contributed by atoms with E-state index in [9.17, 15) is 0 Å². The highest BCUT2D eigenvalue weighted by atomic mass is 16.5. The van der Waals surface area contributed by atoms with Crippen molar-refractivity contribution in [1.82, 2.24) is 19.7 Å². The fraction of sp³-hybridized carbons (Fsp3) is 0.235. The summed E-state index contributed by atoms with van der Waals surface area (Å²) in [4.78, 5) is 9.04. The van der Waals surface area contributed by atoms with E-state index in [1.807, 2.05) is 51.1 Å². The van der Waals surface area contributed by atoms with E-state index in [1.165, 1.54) is 0 Å². The average Bonchev–Trinajstić information content (AvgIpc) is 2.86. The molecule has 0 unspecified atom stereocenters. The fourth-order valence-electron chi connectivity index (χ4n) is 2.39. The van der Waals surface area contributed by atoms with Gasteiger partial charge in [0.2, 0.25) is 0 Å². The van der Waals surface area contributed by atoms with Crippen LogP contribution in [0.1, 0.15) is 18.3 Å². The van der Waals surface area contributed by atoms with Crippen molar-refractivity contribution in [1.29, 1.82) is 0 Å². The lowest BCUT2D eigenvalue weighted by Gasteiger charge is -2.09. The third kappa shape index (κ3) is 3.15. The van der Waals surface area contributed by atoms with Crippen LogP contribution in [0.15, 0.2) is 36.4 Å². The van der Waals surface area contributed by atoms with E-state index in [0.717, 1.165) is 28.4 Å². The number of nitrogens with zero attached hydrogens (tertiary/aromatic N) is 4. The number of rotatable bonds is 4. The third-order valence-corrected chi connectivity index (χ3v) is 3.33. The Bertz CT molecular complexity index is 841. The van der Waals surface area contributed by atoms with Crippen LogP contribution in [0.3, 0.4) is 0 Å². The van der Waals surface area contributed by atoms with Crippen molar-refractivity contribution in [3.8, 4) is 23.0 Å². The first-order valence-electron chi connectivity index (χ1n) is 7.48. The third-order valence-electron chi connectivity index (χ3n) is 3.33. The molecule has 23 heavy (non-hydrogen) atoms. The predicted octanol–water partition coefficient (Wildman–Crippen LogP) is 2.93. The molecule has 0 aliphatic carbocycles. The Balaban J connectivity index is 2.07. The minimum atomic E-state index is 0.465. The number of aromatic nitrogens is 4. The van der Waals surface area contributed by atoms with E-state index >= 15 is 0 Å². The molecule has 2 aromatic heterocycles. The van der Waals surface area contributed by atoms with E-state index in [1.54, 1.807) is 10.7 Å². The topological polar surface area (TPSA) is 78.8 Å². The molecule has 0 aliphatic heterocycles. The molecule has 0 saturated heterocycles. The van der Waals surface area contributed by atoms with Crippen LogP contribution < -0.4 is 10.5 Å². The van der Waals surface area contributed by atoms with Crippen LogP contribution in [-0.4, -0.2) is 26.4 Å². The number of anilines is 1. The van der Waals surface area contributed by atoms with Crippen molar-refractivity contribution >= 4 is 5.82 Å². The monoisotopic (exact) mass is 309 g/mol. The number of hydrogen-bond acceptors (Lipinski definition) is 5. The molecule has 3 rings (SSSR count). The molecule has 0 radical (unpaired) electrons. The lowest BCUT2D eigenvalue weighted by Crippen LogP contribution is -2.08. The second-order valence-corrected chi connectivity index (χ2v) is 5.28. The molecule has 6 heteroatoms. The van der Waals surface area contributed by atoms with Crippen molar-refractivity contribution in [3.05, 3.63) is 47.8 Å². The van der Waals surface area contributed by atoms with Crippen molar-refractivity contribution in [2.45, 2.75) is 20.8 Å². The minimum absolute atomic E-state index is 0.465. The lowest BCUT2D eigenvalue weighted by molar-refractivity contribution is 0.340. The standard InChI is InChI=1S/C17H19N5O/c1-4-23-14-7-5-6-13(10-14)15-8-11(2)19-17(20-15)22-16(18)9-12(3)21-22/h5-10H,4,18H2,1-3H3. The summed E-state index contributed by atoms with van der Waals surface area (Å²) in [5, 5.41) is 4.35. The van der Waals surface area contributed by atoms with E-state index in [4.69, 9.17) is 10.5 Å². The second-order valence-electron chi connectivity index (χ2n) is 5.28. The summed E-state index contributed by atoms with van der Waals surface area (Å²) in [6.07, 6.45) is 0. The Hall–Kier alpha value is -2.89. The van der Waals surface area contributed by atoms with Crippen molar-refractivity contribution in [2.24, 2.45) is 0 Å². The molecule has 3 aromatic rings. The Kier molecular flexibility index (Phi) is 3.97. The van der Waals surface area contributed by atoms with Crippen LogP contribution in [0.2, 0.25) is 0 Å². The van der Waals surface area contributed by atoms with Crippen LogP contribution in [0.4, 0.5) is 5.82 Å². The van der Waals surface area contributed by atoms with Crippen LogP contribution in [0.5, 0.6) is 5.75 Å². The number of aryl methyl sites for hydroxylation is 2. The minimum Gasteiger partial charge on any atom is -0.494 e. The Morgan fingerprint density at radius 2 is 1.91 bits per heavy atom. The van der Waals surface area contributed by atoms with Gasteiger partial charge in [0.25, 0.3) is 5.95 Å². The first-order chi connectivity index (χ1) is 11.1. The van der Waals surface area contributed by atoms with Crippen molar-refractivity contribution in [3.63, 3.8) is 0 Å². The average molecular weight is 309 g/mol. The first-order valence-corrected chi connectivity index (χ1v) is 7.48. The number of hydrogen-bond donors (Lipinski definition) is 1. The van der Waals surface area contributed by atoms with Gasteiger partial charge in [0.05, 0.1) is 18.0 Å². The number of nitrogen functional groups attached to an aromatic ring is 1. The van der Waals surface area contributed by atoms with Crippen LogP contribution in [0, 0.1) is 13.8 Å². The normalized spacial score (nSPS) is 10.7. The van der Waals surface area contributed by atoms with Crippen LogP contribution in [-0.2, 0) is 0 Å². The summed E-state index contributed by atoms with van der Waals surface area (Å²) in [6, 6.07) is 11.6. The molecule has 0 amide bonds. The zero-order valence-corrected chi connectivity index (χ0v) is 13.4.